The Hall–Kier alpha value is 0.269. The van der Waals surface area contributed by atoms with E-state index in [1.54, 1.807) is 0 Å². The van der Waals surface area contributed by atoms with E-state index in [-0.39, 0.29) is 0 Å². The molecule has 14 heavy (non-hydrogen) atoms. The molecule has 0 fully saturated rings. The molecule has 0 aliphatic carbocycles. The number of hydrogen-bond donors (Lipinski definition) is 1. The van der Waals surface area contributed by atoms with Gasteiger partial charge in [0, 0.05) is 0 Å². The van der Waals surface area contributed by atoms with Crippen LogP contribution in [0.15, 0.2) is 0 Å². The molecule has 1 atom stereocenters. The second-order valence-corrected chi connectivity index (χ2v) is 7.12. The summed E-state index contributed by atoms with van der Waals surface area (Å²) in [6.45, 7) is 4.25. The van der Waals surface area contributed by atoms with Crippen LogP contribution < -0.4 is 0 Å². The average molecular weight is 260 g/mol. The Bertz CT molecular complexity index is 227. The Morgan fingerprint density at radius 3 is 2.50 bits per heavy atom. The molecular formula is C8H20CrO4Si. The first kappa shape index (κ1) is 14.3. The van der Waals surface area contributed by atoms with Crippen molar-refractivity contribution >= 4 is 9.76 Å². The van der Waals surface area contributed by atoms with Gasteiger partial charge in [0.05, 0.1) is 0 Å². The van der Waals surface area contributed by atoms with E-state index < -0.39 is 23.4 Å². The predicted octanol–water partition coefficient (Wildman–Crippen LogP) is 1.39. The molecule has 0 aromatic rings. The molecule has 0 rings (SSSR count). The maximum atomic E-state index is 10.4. The molecular weight excluding hydrogens is 240 g/mol. The van der Waals surface area contributed by atoms with E-state index in [9.17, 15) is 7.61 Å². The van der Waals surface area contributed by atoms with Gasteiger partial charge in [-0.2, -0.15) is 0 Å². The van der Waals surface area contributed by atoms with Crippen LogP contribution in [0.4, 0.5) is 0 Å². The summed E-state index contributed by atoms with van der Waals surface area (Å²) in [5, 5.41) is 0. The van der Waals surface area contributed by atoms with Crippen LogP contribution >= 0.6 is 0 Å². The molecule has 0 bridgehead atoms. The van der Waals surface area contributed by atoms with Crippen molar-refractivity contribution in [3.8, 4) is 0 Å². The van der Waals surface area contributed by atoms with Crippen LogP contribution in [0.2, 0.25) is 6.04 Å². The molecule has 0 aliphatic heterocycles. The second-order valence-electron chi connectivity index (χ2n) is 3.45. The van der Waals surface area contributed by atoms with Crippen LogP contribution in [0.3, 0.4) is 0 Å². The molecule has 4 nitrogen and oxygen atoms in total. The zero-order valence-electron chi connectivity index (χ0n) is 8.90. The molecule has 0 radical (unpaired) electrons. The van der Waals surface area contributed by atoms with E-state index in [1.165, 1.54) is 12.8 Å². The molecule has 1 unspecified atom stereocenters. The third-order valence-electron chi connectivity index (χ3n) is 2.30. The summed E-state index contributed by atoms with van der Waals surface area (Å²) in [5.74, 6) is 0.570. The minimum atomic E-state index is -4.87. The summed E-state index contributed by atoms with van der Waals surface area (Å²) in [7, 11) is -1.08. The van der Waals surface area contributed by atoms with Crippen LogP contribution in [-0.4, -0.2) is 13.9 Å². The Kier molecular flexibility index (Phi) is 7.69. The van der Waals surface area contributed by atoms with Crippen molar-refractivity contribution < 1.29 is 28.9 Å². The minimum absolute atomic E-state index is 0.570. The summed E-state index contributed by atoms with van der Waals surface area (Å²) >= 11 is -4.87. The quantitative estimate of drug-likeness (QED) is 0.670. The van der Waals surface area contributed by atoms with E-state index in [2.05, 4.69) is 17.3 Å². The van der Waals surface area contributed by atoms with E-state index in [0.29, 0.717) is 5.92 Å². The molecule has 0 aliphatic rings. The summed E-state index contributed by atoms with van der Waals surface area (Å²) < 4.78 is 33.6. The van der Waals surface area contributed by atoms with Crippen molar-refractivity contribution in [3.05, 3.63) is 0 Å². The van der Waals surface area contributed by atoms with Crippen molar-refractivity contribution in [1.29, 1.82) is 0 Å². The molecule has 0 aromatic heterocycles. The topological polar surface area (TPSA) is 63.6 Å². The van der Waals surface area contributed by atoms with E-state index >= 15 is 0 Å². The fourth-order valence-electron chi connectivity index (χ4n) is 1.37. The Balaban J connectivity index is 3.62. The molecule has 0 aromatic carbocycles. The third-order valence-corrected chi connectivity index (χ3v) is 5.99. The predicted molar refractivity (Wildman–Crippen MR) is 51.3 cm³/mol. The molecule has 0 amide bonds. The van der Waals surface area contributed by atoms with Gasteiger partial charge in [0.1, 0.15) is 0 Å². The molecule has 6 heteroatoms. The summed E-state index contributed by atoms with van der Waals surface area (Å²) in [6.07, 6.45) is 4.56. The van der Waals surface area contributed by atoms with Crippen molar-refractivity contribution in [2.75, 3.05) is 0 Å². The second kappa shape index (κ2) is 7.55. The summed E-state index contributed by atoms with van der Waals surface area (Å²) in [4.78, 5) is 0. The fourth-order valence-corrected chi connectivity index (χ4v) is 4.14. The SMILES string of the molecule is CCCCC(CC)C[SiH2][O][Cr](=[O])(=[O])[OH]. The van der Waals surface area contributed by atoms with Gasteiger partial charge in [-0.1, -0.05) is 0 Å². The average Bonchev–Trinajstić information content (AvgIpc) is 2.09. The normalized spacial score (nSPS) is 15.1. The first-order chi connectivity index (χ1) is 6.49. The van der Waals surface area contributed by atoms with Crippen molar-refractivity contribution in [2.45, 2.75) is 45.6 Å². The van der Waals surface area contributed by atoms with Gasteiger partial charge in [-0.25, -0.2) is 0 Å². The van der Waals surface area contributed by atoms with Gasteiger partial charge in [-0.05, 0) is 0 Å². The van der Waals surface area contributed by atoms with E-state index in [4.69, 9.17) is 4.16 Å². The third kappa shape index (κ3) is 8.85. The zero-order chi connectivity index (χ0) is 11.0. The molecule has 86 valence electrons. The van der Waals surface area contributed by atoms with E-state index in [1.807, 2.05) is 0 Å². The standard InChI is InChI=1S/C8H19OSi.Cr.H2O.2O/c1-3-5-6-8(4-2)7-10-9;;;;/h8H,3-7,10H2,1-2H3;;1H2;;/q-1;+2;;;/p-1. The van der Waals surface area contributed by atoms with Crippen LogP contribution in [0.1, 0.15) is 39.5 Å². The van der Waals surface area contributed by atoms with Gasteiger partial charge in [0.2, 0.25) is 0 Å². The van der Waals surface area contributed by atoms with Crippen molar-refractivity contribution in [3.63, 3.8) is 0 Å². The molecule has 0 heterocycles. The summed E-state index contributed by atoms with van der Waals surface area (Å²) in [5.41, 5.74) is 0. The Labute approximate surface area is 90.4 Å². The summed E-state index contributed by atoms with van der Waals surface area (Å²) in [6, 6.07) is 0.848. The van der Waals surface area contributed by atoms with E-state index in [0.717, 1.165) is 18.9 Å². The number of hydrogen-bond acceptors (Lipinski definition) is 3. The van der Waals surface area contributed by atoms with Crippen molar-refractivity contribution in [1.82, 2.24) is 0 Å². The first-order valence-electron chi connectivity index (χ1n) is 5.11. The molecule has 0 saturated heterocycles. The first-order valence-corrected chi connectivity index (χ1v) is 8.82. The number of unbranched alkanes of at least 4 members (excludes halogenated alkanes) is 1. The Morgan fingerprint density at radius 2 is 2.07 bits per heavy atom. The Morgan fingerprint density at radius 1 is 1.43 bits per heavy atom. The molecule has 0 saturated carbocycles. The van der Waals surface area contributed by atoms with Crippen LogP contribution in [0.5, 0.6) is 0 Å². The number of rotatable bonds is 8. The van der Waals surface area contributed by atoms with Gasteiger partial charge >= 0.3 is 90.1 Å². The van der Waals surface area contributed by atoms with Gasteiger partial charge in [0.15, 0.2) is 0 Å². The van der Waals surface area contributed by atoms with Crippen LogP contribution in [0.25, 0.3) is 0 Å². The maximum absolute atomic E-state index is 10.4. The zero-order valence-corrected chi connectivity index (χ0v) is 11.6. The van der Waals surface area contributed by atoms with Crippen LogP contribution in [-0.2, 0) is 24.7 Å². The van der Waals surface area contributed by atoms with Crippen molar-refractivity contribution in [2.24, 2.45) is 5.92 Å². The molecule has 1 N–H and O–H groups in total. The van der Waals surface area contributed by atoms with Gasteiger partial charge < -0.3 is 0 Å². The monoisotopic (exact) mass is 260 g/mol. The molecule has 0 spiro atoms. The fraction of sp³-hybridized carbons (Fsp3) is 1.00. The van der Waals surface area contributed by atoms with Gasteiger partial charge in [-0.15, -0.1) is 0 Å². The van der Waals surface area contributed by atoms with Crippen LogP contribution in [0, 0.1) is 5.92 Å². The van der Waals surface area contributed by atoms with Gasteiger partial charge in [-0.3, -0.25) is 0 Å². The van der Waals surface area contributed by atoms with Gasteiger partial charge in [0.25, 0.3) is 0 Å².